The maximum atomic E-state index is 12.1. The fraction of sp³-hybridized carbons (Fsp3) is 0.0714. The fourth-order valence-electron chi connectivity index (χ4n) is 1.55. The van der Waals surface area contributed by atoms with Gasteiger partial charge in [0.15, 0.2) is 0 Å². The third-order valence-corrected chi connectivity index (χ3v) is 4.02. The Bertz CT molecular complexity index is 599. The molecule has 0 aliphatic rings. The number of benzene rings is 2. The number of hydrogen-bond acceptors (Lipinski definition) is 1. The van der Waals surface area contributed by atoms with E-state index in [1.807, 2.05) is 30.3 Å². The Hall–Kier alpha value is -0.780. The molecule has 0 atom stereocenters. The molecule has 1 amide bonds. The predicted octanol–water partition coefficient (Wildman–Crippen LogP) is 4.94. The van der Waals surface area contributed by atoms with Gasteiger partial charge in [-0.25, -0.2) is 0 Å². The average Bonchev–Trinajstić information content (AvgIpc) is 2.42. The first-order valence-corrected chi connectivity index (χ1v) is 7.50. The van der Waals surface area contributed by atoms with Crippen LogP contribution in [0, 0.1) is 3.57 Å². The molecule has 1 N–H and O–H groups in total. The monoisotopic (exact) mass is 405 g/mol. The molecule has 5 heteroatoms. The molecule has 0 aromatic heterocycles. The highest BCUT2D eigenvalue weighted by atomic mass is 127. The van der Waals surface area contributed by atoms with Crippen molar-refractivity contribution in [3.8, 4) is 0 Å². The highest BCUT2D eigenvalue weighted by molar-refractivity contribution is 14.1. The third kappa shape index (κ3) is 3.84. The zero-order valence-corrected chi connectivity index (χ0v) is 13.5. The molecule has 0 saturated heterocycles. The SMILES string of the molecule is O=C(Nc1ccc(CCl)cc1)c1cc(Cl)ccc1I. The molecule has 0 aliphatic carbocycles. The predicted molar refractivity (Wildman–Crippen MR) is 88.1 cm³/mol. The number of alkyl halides is 1. The van der Waals surface area contributed by atoms with E-state index < -0.39 is 0 Å². The van der Waals surface area contributed by atoms with Crippen LogP contribution in [0.2, 0.25) is 5.02 Å². The Morgan fingerprint density at radius 2 is 1.84 bits per heavy atom. The van der Waals surface area contributed by atoms with Crippen LogP contribution >= 0.6 is 45.8 Å². The van der Waals surface area contributed by atoms with E-state index in [-0.39, 0.29) is 5.91 Å². The molecule has 0 spiro atoms. The summed E-state index contributed by atoms with van der Waals surface area (Å²) >= 11 is 13.7. The summed E-state index contributed by atoms with van der Waals surface area (Å²) in [6.07, 6.45) is 0. The summed E-state index contributed by atoms with van der Waals surface area (Å²) in [5, 5.41) is 3.38. The molecule has 0 heterocycles. The van der Waals surface area contributed by atoms with Crippen LogP contribution in [0.25, 0.3) is 0 Å². The molecular weight excluding hydrogens is 396 g/mol. The highest BCUT2D eigenvalue weighted by Gasteiger charge is 2.10. The van der Waals surface area contributed by atoms with Crippen molar-refractivity contribution in [3.63, 3.8) is 0 Å². The molecule has 2 aromatic rings. The zero-order valence-electron chi connectivity index (χ0n) is 9.79. The summed E-state index contributed by atoms with van der Waals surface area (Å²) < 4.78 is 0.858. The van der Waals surface area contributed by atoms with Crippen molar-refractivity contribution in [3.05, 3.63) is 62.2 Å². The molecule has 0 radical (unpaired) electrons. The van der Waals surface area contributed by atoms with Gasteiger partial charge in [-0.3, -0.25) is 4.79 Å². The van der Waals surface area contributed by atoms with Crippen LogP contribution in [0.4, 0.5) is 5.69 Å². The lowest BCUT2D eigenvalue weighted by Gasteiger charge is -2.08. The van der Waals surface area contributed by atoms with Crippen LogP contribution in [0.5, 0.6) is 0 Å². The maximum absolute atomic E-state index is 12.1. The maximum Gasteiger partial charge on any atom is 0.256 e. The first-order chi connectivity index (χ1) is 9.10. The Balaban J connectivity index is 2.18. The largest absolute Gasteiger partial charge is 0.322 e. The second-order valence-corrected chi connectivity index (χ2v) is 5.77. The molecule has 0 saturated carbocycles. The van der Waals surface area contributed by atoms with Crippen molar-refractivity contribution in [1.82, 2.24) is 0 Å². The lowest BCUT2D eigenvalue weighted by Crippen LogP contribution is -2.13. The number of halogens is 3. The van der Waals surface area contributed by atoms with Crippen LogP contribution in [0.1, 0.15) is 15.9 Å². The van der Waals surface area contributed by atoms with Crippen molar-refractivity contribution in [2.45, 2.75) is 5.88 Å². The summed E-state index contributed by atoms with van der Waals surface area (Å²) in [5.41, 5.74) is 2.31. The third-order valence-electron chi connectivity index (χ3n) is 2.54. The van der Waals surface area contributed by atoms with Crippen molar-refractivity contribution in [2.75, 3.05) is 5.32 Å². The quantitative estimate of drug-likeness (QED) is 0.568. The van der Waals surface area contributed by atoms with Gasteiger partial charge in [-0.1, -0.05) is 23.7 Å². The van der Waals surface area contributed by atoms with Gasteiger partial charge < -0.3 is 5.32 Å². The standard InChI is InChI=1S/C14H10Cl2INO/c15-8-9-1-4-11(5-2-9)18-14(19)12-7-10(16)3-6-13(12)17/h1-7H,8H2,(H,18,19). The number of nitrogens with one attached hydrogen (secondary N) is 1. The van der Waals surface area contributed by atoms with E-state index in [0.717, 1.165) is 14.8 Å². The minimum atomic E-state index is -0.175. The molecule has 2 aromatic carbocycles. The minimum absolute atomic E-state index is 0.175. The first-order valence-electron chi connectivity index (χ1n) is 5.51. The van der Waals surface area contributed by atoms with E-state index in [1.165, 1.54) is 0 Å². The van der Waals surface area contributed by atoms with Gasteiger partial charge in [0.05, 0.1) is 5.56 Å². The second kappa shape index (κ2) is 6.59. The highest BCUT2D eigenvalue weighted by Crippen LogP contribution is 2.20. The molecule has 0 unspecified atom stereocenters. The van der Waals surface area contributed by atoms with Crippen molar-refractivity contribution in [1.29, 1.82) is 0 Å². The van der Waals surface area contributed by atoms with E-state index in [0.29, 0.717) is 16.5 Å². The number of rotatable bonds is 3. The van der Waals surface area contributed by atoms with E-state index >= 15 is 0 Å². The number of anilines is 1. The van der Waals surface area contributed by atoms with E-state index in [1.54, 1.807) is 12.1 Å². The lowest BCUT2D eigenvalue weighted by molar-refractivity contribution is 0.102. The molecule has 0 fully saturated rings. The number of carbonyl (C=O) groups is 1. The van der Waals surface area contributed by atoms with Gasteiger partial charge in [0.2, 0.25) is 0 Å². The molecule has 98 valence electrons. The van der Waals surface area contributed by atoms with E-state index in [4.69, 9.17) is 23.2 Å². The normalized spacial score (nSPS) is 10.3. The van der Waals surface area contributed by atoms with Gasteiger partial charge >= 0.3 is 0 Å². The average molecular weight is 406 g/mol. The van der Waals surface area contributed by atoms with E-state index in [2.05, 4.69) is 27.9 Å². The van der Waals surface area contributed by atoms with Gasteiger partial charge in [-0.2, -0.15) is 0 Å². The molecule has 2 rings (SSSR count). The van der Waals surface area contributed by atoms with Crippen molar-refractivity contribution < 1.29 is 4.79 Å². The molecule has 0 bridgehead atoms. The van der Waals surface area contributed by atoms with Gasteiger partial charge in [0.25, 0.3) is 5.91 Å². The topological polar surface area (TPSA) is 29.1 Å². The van der Waals surface area contributed by atoms with Gasteiger partial charge in [-0.05, 0) is 58.5 Å². The Kier molecular flexibility index (Phi) is 5.07. The van der Waals surface area contributed by atoms with Crippen molar-refractivity contribution >= 4 is 57.4 Å². The van der Waals surface area contributed by atoms with E-state index in [9.17, 15) is 4.79 Å². The van der Waals surface area contributed by atoms with Crippen LogP contribution in [-0.2, 0) is 5.88 Å². The summed E-state index contributed by atoms with van der Waals surface area (Å²) in [5.74, 6) is 0.283. The Labute approximate surface area is 135 Å². The van der Waals surface area contributed by atoms with Crippen LogP contribution in [0.15, 0.2) is 42.5 Å². The number of hydrogen-bond donors (Lipinski definition) is 1. The number of carbonyl (C=O) groups excluding carboxylic acids is 1. The van der Waals surface area contributed by atoms with Crippen LogP contribution < -0.4 is 5.32 Å². The minimum Gasteiger partial charge on any atom is -0.322 e. The molecular formula is C14H10Cl2INO. The van der Waals surface area contributed by atoms with Gasteiger partial charge in [0, 0.05) is 20.2 Å². The molecule has 0 aliphatic heterocycles. The molecule has 19 heavy (non-hydrogen) atoms. The number of amides is 1. The van der Waals surface area contributed by atoms with Crippen LogP contribution in [-0.4, -0.2) is 5.91 Å². The van der Waals surface area contributed by atoms with Gasteiger partial charge in [-0.15, -0.1) is 11.6 Å². The summed E-state index contributed by atoms with van der Waals surface area (Å²) in [7, 11) is 0. The summed E-state index contributed by atoms with van der Waals surface area (Å²) in [6.45, 7) is 0. The second-order valence-electron chi connectivity index (χ2n) is 3.91. The Morgan fingerprint density at radius 3 is 2.47 bits per heavy atom. The summed E-state index contributed by atoms with van der Waals surface area (Å²) in [6, 6.07) is 12.6. The molecule has 2 nitrogen and oxygen atoms in total. The lowest BCUT2D eigenvalue weighted by atomic mass is 10.2. The smallest absolute Gasteiger partial charge is 0.256 e. The summed E-state index contributed by atoms with van der Waals surface area (Å²) in [4.78, 5) is 12.1. The van der Waals surface area contributed by atoms with Crippen molar-refractivity contribution in [2.24, 2.45) is 0 Å². The van der Waals surface area contributed by atoms with Gasteiger partial charge in [0.1, 0.15) is 0 Å². The first kappa shape index (κ1) is 14.6. The fourth-order valence-corrected chi connectivity index (χ4v) is 2.48. The zero-order chi connectivity index (χ0) is 13.8. The van der Waals surface area contributed by atoms with Crippen LogP contribution in [0.3, 0.4) is 0 Å². The Morgan fingerprint density at radius 1 is 1.16 bits per heavy atom.